The molecule has 1 saturated carbocycles. The number of carbonyl (C=O) groups excluding carboxylic acids is 1. The Bertz CT molecular complexity index is 781. The van der Waals surface area contributed by atoms with Gasteiger partial charge in [-0.3, -0.25) is 4.79 Å². The van der Waals surface area contributed by atoms with Crippen molar-refractivity contribution in [3.63, 3.8) is 0 Å². The van der Waals surface area contributed by atoms with Gasteiger partial charge in [0, 0.05) is 11.6 Å². The highest BCUT2D eigenvalue weighted by molar-refractivity contribution is 5.76. The first-order valence-electron chi connectivity index (χ1n) is 12.8. The Hall–Kier alpha value is -1.83. The van der Waals surface area contributed by atoms with Gasteiger partial charge in [-0.05, 0) is 82.5 Å². The number of fused-ring (bicyclic) bond motifs is 1. The lowest BCUT2D eigenvalue weighted by molar-refractivity contribution is -0.132. The zero-order valence-corrected chi connectivity index (χ0v) is 19.6. The highest BCUT2D eigenvalue weighted by Gasteiger charge is 2.28. The van der Waals surface area contributed by atoms with E-state index in [1.165, 1.54) is 44.2 Å². The molecule has 0 aromatic heterocycles. The molecular formula is C26H38N2O5. The fraction of sp³-hybridized carbons (Fsp3) is 0.731. The Morgan fingerprint density at radius 3 is 2.67 bits per heavy atom. The van der Waals surface area contributed by atoms with E-state index < -0.39 is 0 Å². The number of hydrogen-bond donors (Lipinski definition) is 1. The van der Waals surface area contributed by atoms with Crippen LogP contribution in [-0.2, 0) is 14.3 Å². The van der Waals surface area contributed by atoms with Crippen LogP contribution in [0.5, 0.6) is 11.5 Å². The van der Waals surface area contributed by atoms with E-state index in [1.807, 2.05) is 6.07 Å². The molecular weight excluding hydrogens is 420 g/mol. The first kappa shape index (κ1) is 22.9. The van der Waals surface area contributed by atoms with Crippen LogP contribution in [0.4, 0.5) is 0 Å². The zero-order valence-electron chi connectivity index (χ0n) is 19.6. The number of benzene rings is 1. The van der Waals surface area contributed by atoms with Crippen LogP contribution in [0.1, 0.15) is 62.8 Å². The molecule has 1 N–H and O–H groups in total. The molecule has 3 fully saturated rings. The Labute approximate surface area is 197 Å². The van der Waals surface area contributed by atoms with Crippen LogP contribution in [0.25, 0.3) is 0 Å². The van der Waals surface area contributed by atoms with E-state index in [4.69, 9.17) is 18.9 Å². The number of rotatable bonds is 7. The molecule has 1 aliphatic carbocycles. The molecule has 182 valence electrons. The van der Waals surface area contributed by atoms with E-state index in [-0.39, 0.29) is 12.0 Å². The molecule has 1 aromatic rings. The molecule has 7 nitrogen and oxygen atoms in total. The lowest BCUT2D eigenvalue weighted by Crippen LogP contribution is -2.41. The molecule has 0 bridgehead atoms. The third kappa shape index (κ3) is 6.00. The molecule has 0 spiro atoms. The second-order valence-corrected chi connectivity index (χ2v) is 10.0. The standard InChI is InChI=1S/C26H38N2O5/c29-25(16-22-17-30-14-15-31-22)27-21-6-4-19(5-7-21)8-11-28-12-9-20(10-13-28)23-2-1-3-24-26(23)33-18-32-24/h1-3,19-22H,4-18H2,(H,27,29)/t19-,21-,22?. The van der Waals surface area contributed by atoms with Crippen molar-refractivity contribution in [2.24, 2.45) is 5.92 Å². The number of para-hydroxylation sites is 1. The summed E-state index contributed by atoms with van der Waals surface area (Å²) in [5.41, 5.74) is 1.33. The number of piperidine rings is 1. The van der Waals surface area contributed by atoms with Crippen LogP contribution in [0, 0.1) is 5.92 Å². The first-order valence-corrected chi connectivity index (χ1v) is 12.8. The number of likely N-dealkylation sites (tertiary alicyclic amines) is 1. The van der Waals surface area contributed by atoms with Gasteiger partial charge in [0.05, 0.1) is 32.3 Å². The van der Waals surface area contributed by atoms with E-state index >= 15 is 0 Å². The van der Waals surface area contributed by atoms with Gasteiger partial charge < -0.3 is 29.2 Å². The summed E-state index contributed by atoms with van der Waals surface area (Å²) in [5.74, 6) is 3.34. The Kier molecular flexibility index (Phi) is 7.69. The van der Waals surface area contributed by atoms with Crippen molar-refractivity contribution in [2.75, 3.05) is 46.2 Å². The Morgan fingerprint density at radius 1 is 1.03 bits per heavy atom. The van der Waals surface area contributed by atoms with E-state index in [0.717, 1.165) is 43.3 Å². The third-order valence-electron chi connectivity index (χ3n) is 7.82. The number of amides is 1. The SMILES string of the molecule is O=C(CC1COCCO1)N[C@H]1CC[C@H](CCN2CCC(c3cccc4c3OCO4)CC2)CC1. The normalized spacial score (nSPS) is 28.5. The van der Waals surface area contributed by atoms with Gasteiger partial charge in [-0.15, -0.1) is 0 Å². The molecule has 3 aliphatic heterocycles. The molecule has 1 amide bonds. The van der Waals surface area contributed by atoms with Crippen molar-refractivity contribution in [2.45, 2.75) is 69.4 Å². The van der Waals surface area contributed by atoms with Crippen LogP contribution < -0.4 is 14.8 Å². The van der Waals surface area contributed by atoms with Gasteiger partial charge in [0.1, 0.15) is 0 Å². The molecule has 1 atom stereocenters. The van der Waals surface area contributed by atoms with Gasteiger partial charge in [0.25, 0.3) is 0 Å². The number of carbonyl (C=O) groups is 1. The van der Waals surface area contributed by atoms with E-state index in [1.54, 1.807) is 0 Å². The minimum Gasteiger partial charge on any atom is -0.454 e. The molecule has 7 heteroatoms. The summed E-state index contributed by atoms with van der Waals surface area (Å²) >= 11 is 0. The summed E-state index contributed by atoms with van der Waals surface area (Å²) in [5, 5.41) is 3.23. The molecule has 33 heavy (non-hydrogen) atoms. The summed E-state index contributed by atoms with van der Waals surface area (Å²) in [6.07, 6.45) is 8.63. The minimum atomic E-state index is -0.0807. The van der Waals surface area contributed by atoms with Gasteiger partial charge >= 0.3 is 0 Å². The predicted octanol–water partition coefficient (Wildman–Crippen LogP) is 3.47. The van der Waals surface area contributed by atoms with E-state index in [2.05, 4.69) is 22.3 Å². The van der Waals surface area contributed by atoms with Crippen LogP contribution in [-0.4, -0.2) is 69.2 Å². The zero-order chi connectivity index (χ0) is 22.5. The molecule has 1 unspecified atom stereocenters. The molecule has 5 rings (SSSR count). The highest BCUT2D eigenvalue weighted by Crippen LogP contribution is 2.42. The average Bonchev–Trinajstić information content (AvgIpc) is 3.34. The lowest BCUT2D eigenvalue weighted by atomic mass is 9.83. The van der Waals surface area contributed by atoms with Gasteiger partial charge in [0.2, 0.25) is 12.7 Å². The van der Waals surface area contributed by atoms with Gasteiger partial charge in [0.15, 0.2) is 11.5 Å². The second-order valence-electron chi connectivity index (χ2n) is 10.0. The predicted molar refractivity (Wildman–Crippen MR) is 125 cm³/mol. The lowest BCUT2D eigenvalue weighted by Gasteiger charge is -2.35. The molecule has 1 aromatic carbocycles. The summed E-state index contributed by atoms with van der Waals surface area (Å²) in [4.78, 5) is 15.0. The number of hydrogen-bond acceptors (Lipinski definition) is 6. The van der Waals surface area contributed by atoms with Crippen molar-refractivity contribution in [3.05, 3.63) is 23.8 Å². The molecule has 3 heterocycles. The van der Waals surface area contributed by atoms with Gasteiger partial charge in [-0.1, -0.05) is 12.1 Å². The highest BCUT2D eigenvalue weighted by atomic mass is 16.7. The molecule has 2 saturated heterocycles. The van der Waals surface area contributed by atoms with E-state index in [0.29, 0.717) is 45.0 Å². The van der Waals surface area contributed by atoms with Crippen molar-refractivity contribution < 1.29 is 23.7 Å². The summed E-state index contributed by atoms with van der Waals surface area (Å²) < 4.78 is 22.3. The van der Waals surface area contributed by atoms with E-state index in [9.17, 15) is 4.79 Å². The average molecular weight is 459 g/mol. The first-order chi connectivity index (χ1) is 16.2. The van der Waals surface area contributed by atoms with Crippen LogP contribution in [0.15, 0.2) is 18.2 Å². The van der Waals surface area contributed by atoms with Crippen molar-refractivity contribution in [3.8, 4) is 11.5 Å². The summed E-state index contributed by atoms with van der Waals surface area (Å²) in [6.45, 7) is 5.63. The smallest absolute Gasteiger partial charge is 0.231 e. The van der Waals surface area contributed by atoms with Crippen LogP contribution in [0.2, 0.25) is 0 Å². The fourth-order valence-electron chi connectivity index (χ4n) is 5.85. The molecule has 4 aliphatic rings. The maximum atomic E-state index is 12.3. The number of nitrogens with zero attached hydrogens (tertiary/aromatic N) is 1. The van der Waals surface area contributed by atoms with Gasteiger partial charge in [-0.2, -0.15) is 0 Å². The minimum absolute atomic E-state index is 0.0807. The van der Waals surface area contributed by atoms with Gasteiger partial charge in [-0.25, -0.2) is 0 Å². The largest absolute Gasteiger partial charge is 0.454 e. The quantitative estimate of drug-likeness (QED) is 0.675. The second kappa shape index (κ2) is 11.1. The number of ether oxygens (including phenoxy) is 4. The Balaban J connectivity index is 0.980. The monoisotopic (exact) mass is 458 g/mol. The fourth-order valence-corrected chi connectivity index (χ4v) is 5.85. The van der Waals surface area contributed by atoms with Crippen molar-refractivity contribution >= 4 is 5.91 Å². The summed E-state index contributed by atoms with van der Waals surface area (Å²) in [7, 11) is 0. The van der Waals surface area contributed by atoms with Crippen molar-refractivity contribution in [1.82, 2.24) is 10.2 Å². The topological polar surface area (TPSA) is 69.3 Å². The summed E-state index contributed by atoms with van der Waals surface area (Å²) in [6, 6.07) is 6.63. The third-order valence-corrected chi connectivity index (χ3v) is 7.82. The maximum Gasteiger partial charge on any atom is 0.231 e. The molecule has 0 radical (unpaired) electrons. The van der Waals surface area contributed by atoms with Crippen molar-refractivity contribution in [1.29, 1.82) is 0 Å². The Morgan fingerprint density at radius 2 is 1.88 bits per heavy atom. The maximum absolute atomic E-state index is 12.3. The number of nitrogens with one attached hydrogen (secondary N) is 1. The van der Waals surface area contributed by atoms with Crippen LogP contribution in [0.3, 0.4) is 0 Å². The van der Waals surface area contributed by atoms with Crippen LogP contribution >= 0.6 is 0 Å².